The van der Waals surface area contributed by atoms with Gasteiger partial charge in [-0.2, -0.15) is 5.21 Å². The molecule has 2 rings (SSSR count). The highest BCUT2D eigenvalue weighted by Crippen LogP contribution is 2.34. The number of H-pyrrole nitrogens is 1. The largest absolute Gasteiger partial charge is 0.481 e. The van der Waals surface area contributed by atoms with Crippen LogP contribution in [-0.4, -0.2) is 31.7 Å². The molecular formula is C9H14N4O2. The van der Waals surface area contributed by atoms with Crippen molar-refractivity contribution in [2.75, 3.05) is 0 Å². The fourth-order valence-electron chi connectivity index (χ4n) is 2.29. The van der Waals surface area contributed by atoms with E-state index in [0.717, 1.165) is 25.7 Å². The normalized spacial score (nSPS) is 20.0. The molecule has 1 aromatic rings. The number of carboxylic acids is 1. The summed E-state index contributed by atoms with van der Waals surface area (Å²) in [7, 11) is 0. The molecule has 1 fully saturated rings. The van der Waals surface area contributed by atoms with Crippen molar-refractivity contribution in [3.63, 3.8) is 0 Å². The first-order chi connectivity index (χ1) is 7.29. The Morgan fingerprint density at radius 1 is 1.40 bits per heavy atom. The second-order valence-corrected chi connectivity index (χ2v) is 3.98. The van der Waals surface area contributed by atoms with E-state index in [4.69, 9.17) is 0 Å². The number of aromatic nitrogens is 4. The molecule has 1 heterocycles. The van der Waals surface area contributed by atoms with Crippen LogP contribution < -0.4 is 0 Å². The zero-order valence-electron chi connectivity index (χ0n) is 8.39. The summed E-state index contributed by atoms with van der Waals surface area (Å²) in [6, 6.07) is 0. The van der Waals surface area contributed by atoms with Gasteiger partial charge in [-0.15, -0.1) is 10.2 Å². The summed E-state index contributed by atoms with van der Waals surface area (Å²) in [5.74, 6) is -0.962. The SMILES string of the molecule is O=C(O)C(c1nn[nH]n1)C1CCCCC1. The highest BCUT2D eigenvalue weighted by atomic mass is 16.4. The fraction of sp³-hybridized carbons (Fsp3) is 0.778. The van der Waals surface area contributed by atoms with E-state index in [1.165, 1.54) is 6.42 Å². The van der Waals surface area contributed by atoms with E-state index < -0.39 is 11.9 Å². The van der Waals surface area contributed by atoms with Crippen LogP contribution in [0.2, 0.25) is 0 Å². The van der Waals surface area contributed by atoms with Crippen LogP contribution in [0.1, 0.15) is 43.8 Å². The second kappa shape index (κ2) is 4.37. The number of aliphatic carboxylic acids is 1. The van der Waals surface area contributed by atoms with Gasteiger partial charge in [-0.3, -0.25) is 4.79 Å². The molecule has 0 radical (unpaired) electrons. The summed E-state index contributed by atoms with van der Waals surface area (Å²) < 4.78 is 0. The van der Waals surface area contributed by atoms with Gasteiger partial charge in [0.15, 0.2) is 5.82 Å². The topological polar surface area (TPSA) is 91.8 Å². The van der Waals surface area contributed by atoms with Gasteiger partial charge in [0, 0.05) is 0 Å². The summed E-state index contributed by atoms with van der Waals surface area (Å²) in [5, 5.41) is 22.5. The average Bonchev–Trinajstić information content (AvgIpc) is 2.72. The lowest BCUT2D eigenvalue weighted by atomic mass is 9.79. The van der Waals surface area contributed by atoms with Gasteiger partial charge in [-0.25, -0.2) is 0 Å². The molecule has 1 aliphatic carbocycles. The minimum atomic E-state index is -0.844. The molecule has 0 saturated heterocycles. The highest BCUT2D eigenvalue weighted by Gasteiger charge is 2.33. The van der Waals surface area contributed by atoms with Crippen molar-refractivity contribution >= 4 is 5.97 Å². The zero-order chi connectivity index (χ0) is 10.7. The highest BCUT2D eigenvalue weighted by molar-refractivity contribution is 5.75. The minimum Gasteiger partial charge on any atom is -0.481 e. The molecule has 0 bridgehead atoms. The van der Waals surface area contributed by atoms with E-state index in [-0.39, 0.29) is 5.92 Å². The third-order valence-corrected chi connectivity index (χ3v) is 3.03. The van der Waals surface area contributed by atoms with Gasteiger partial charge in [-0.1, -0.05) is 24.5 Å². The van der Waals surface area contributed by atoms with Gasteiger partial charge in [0.05, 0.1) is 0 Å². The molecule has 1 aliphatic rings. The predicted octanol–water partition coefficient (Wildman–Crippen LogP) is 0.948. The molecule has 1 aromatic heterocycles. The predicted molar refractivity (Wildman–Crippen MR) is 51.1 cm³/mol. The van der Waals surface area contributed by atoms with E-state index in [1.54, 1.807) is 0 Å². The van der Waals surface area contributed by atoms with Gasteiger partial charge in [0.25, 0.3) is 0 Å². The molecule has 1 atom stereocenters. The standard InChI is InChI=1S/C9H14N4O2/c14-9(15)7(8-10-12-13-11-8)6-4-2-1-3-5-6/h6-7H,1-5H2,(H,14,15)(H,10,11,12,13). The Morgan fingerprint density at radius 2 is 2.13 bits per heavy atom. The molecule has 15 heavy (non-hydrogen) atoms. The van der Waals surface area contributed by atoms with E-state index in [1.807, 2.05) is 0 Å². The lowest BCUT2D eigenvalue weighted by Crippen LogP contribution is -2.24. The van der Waals surface area contributed by atoms with E-state index in [0.29, 0.717) is 5.82 Å². The second-order valence-electron chi connectivity index (χ2n) is 3.98. The number of nitrogens with zero attached hydrogens (tertiary/aromatic N) is 3. The molecular weight excluding hydrogens is 196 g/mol. The molecule has 2 N–H and O–H groups in total. The molecule has 6 nitrogen and oxygen atoms in total. The average molecular weight is 210 g/mol. The molecule has 0 aromatic carbocycles. The van der Waals surface area contributed by atoms with Gasteiger partial charge in [0.2, 0.25) is 0 Å². The maximum absolute atomic E-state index is 11.2. The minimum absolute atomic E-state index is 0.161. The van der Waals surface area contributed by atoms with E-state index in [9.17, 15) is 9.90 Å². The van der Waals surface area contributed by atoms with Gasteiger partial charge < -0.3 is 5.11 Å². The molecule has 82 valence electrons. The fourth-order valence-corrected chi connectivity index (χ4v) is 2.29. The number of hydrogen-bond acceptors (Lipinski definition) is 4. The number of carboxylic acid groups (broad SMARTS) is 1. The third-order valence-electron chi connectivity index (χ3n) is 3.03. The molecule has 1 unspecified atom stereocenters. The Balaban J connectivity index is 2.15. The number of aromatic amines is 1. The summed E-state index contributed by atoms with van der Waals surface area (Å²) in [5.41, 5.74) is 0. The van der Waals surface area contributed by atoms with Crippen molar-refractivity contribution in [3.8, 4) is 0 Å². The van der Waals surface area contributed by atoms with Crippen molar-refractivity contribution in [1.82, 2.24) is 20.6 Å². The van der Waals surface area contributed by atoms with E-state index >= 15 is 0 Å². The van der Waals surface area contributed by atoms with Crippen molar-refractivity contribution < 1.29 is 9.90 Å². The van der Waals surface area contributed by atoms with E-state index in [2.05, 4.69) is 20.6 Å². The lowest BCUT2D eigenvalue weighted by molar-refractivity contribution is -0.140. The Hall–Kier alpha value is -1.46. The van der Waals surface area contributed by atoms with Crippen molar-refractivity contribution in [1.29, 1.82) is 0 Å². The number of tetrazole rings is 1. The molecule has 0 spiro atoms. The van der Waals surface area contributed by atoms with Gasteiger partial charge in [0.1, 0.15) is 5.92 Å². The Labute approximate surface area is 87.1 Å². The first-order valence-electron chi connectivity index (χ1n) is 5.25. The summed E-state index contributed by atoms with van der Waals surface area (Å²) >= 11 is 0. The lowest BCUT2D eigenvalue weighted by Gasteiger charge is -2.25. The van der Waals surface area contributed by atoms with Crippen LogP contribution in [0.4, 0.5) is 0 Å². The maximum Gasteiger partial charge on any atom is 0.314 e. The van der Waals surface area contributed by atoms with Crippen LogP contribution in [0.15, 0.2) is 0 Å². The zero-order valence-corrected chi connectivity index (χ0v) is 8.39. The quantitative estimate of drug-likeness (QED) is 0.774. The third kappa shape index (κ3) is 2.14. The van der Waals surface area contributed by atoms with Crippen molar-refractivity contribution in [2.45, 2.75) is 38.0 Å². The summed E-state index contributed by atoms with van der Waals surface area (Å²) in [6.45, 7) is 0. The van der Waals surface area contributed by atoms with Crippen LogP contribution >= 0.6 is 0 Å². The van der Waals surface area contributed by atoms with Crippen LogP contribution in [-0.2, 0) is 4.79 Å². The smallest absolute Gasteiger partial charge is 0.314 e. The molecule has 0 amide bonds. The number of nitrogens with one attached hydrogen (secondary N) is 1. The molecule has 6 heteroatoms. The first kappa shape index (κ1) is 10.1. The molecule has 0 aliphatic heterocycles. The van der Waals surface area contributed by atoms with Crippen LogP contribution in [0.3, 0.4) is 0 Å². The van der Waals surface area contributed by atoms with Gasteiger partial charge in [-0.05, 0) is 18.8 Å². The molecule has 1 saturated carbocycles. The van der Waals surface area contributed by atoms with Gasteiger partial charge >= 0.3 is 5.97 Å². The summed E-state index contributed by atoms with van der Waals surface area (Å²) in [6.07, 6.45) is 5.31. The van der Waals surface area contributed by atoms with Crippen LogP contribution in [0, 0.1) is 5.92 Å². The van der Waals surface area contributed by atoms with Crippen LogP contribution in [0.5, 0.6) is 0 Å². The maximum atomic E-state index is 11.2. The number of hydrogen-bond donors (Lipinski definition) is 2. The van der Waals surface area contributed by atoms with Crippen molar-refractivity contribution in [3.05, 3.63) is 5.82 Å². The number of rotatable bonds is 3. The summed E-state index contributed by atoms with van der Waals surface area (Å²) in [4.78, 5) is 11.2. The Kier molecular flexibility index (Phi) is 2.94. The van der Waals surface area contributed by atoms with Crippen molar-refractivity contribution in [2.24, 2.45) is 5.92 Å². The Morgan fingerprint density at radius 3 is 2.67 bits per heavy atom. The first-order valence-corrected chi connectivity index (χ1v) is 5.25. The van der Waals surface area contributed by atoms with Crippen LogP contribution in [0.25, 0.3) is 0 Å². The number of carbonyl (C=O) groups is 1. The Bertz CT molecular complexity index is 319. The monoisotopic (exact) mass is 210 g/mol.